The Kier molecular flexibility index (Phi) is 4.34. The maximum atomic E-state index is 12.4. The molecule has 1 amide bonds. The highest BCUT2D eigenvalue weighted by atomic mass is 16.5. The van der Waals surface area contributed by atoms with Gasteiger partial charge in [0.1, 0.15) is 5.75 Å². The van der Waals surface area contributed by atoms with E-state index < -0.39 is 0 Å². The number of ether oxygens (including phenoxy) is 1. The maximum Gasteiger partial charge on any atom is 0.253 e. The van der Waals surface area contributed by atoms with Gasteiger partial charge in [-0.1, -0.05) is 12.1 Å². The first-order valence-corrected chi connectivity index (χ1v) is 7.35. The van der Waals surface area contributed by atoms with Crippen LogP contribution in [0.3, 0.4) is 0 Å². The second-order valence-electron chi connectivity index (χ2n) is 5.28. The van der Waals surface area contributed by atoms with Crippen molar-refractivity contribution in [3.8, 4) is 5.75 Å². The molecule has 1 aromatic carbocycles. The van der Waals surface area contributed by atoms with E-state index in [-0.39, 0.29) is 5.91 Å². The van der Waals surface area contributed by atoms with E-state index in [0.29, 0.717) is 12.1 Å². The minimum atomic E-state index is -0.0675. The standard InChI is InChI=1S/C17H19N3O2/c1-22-14-4-2-12(3-5-14)8-20-17(21)16-11-19-10-13-9-18-7-6-15(13)16/h2-5,10-11,18H,6-9H2,1H3,(H,20,21). The van der Waals surface area contributed by atoms with Gasteiger partial charge in [0.15, 0.2) is 0 Å². The van der Waals surface area contributed by atoms with Crippen molar-refractivity contribution in [2.24, 2.45) is 0 Å². The third-order valence-electron chi connectivity index (χ3n) is 3.87. The molecule has 1 aliphatic rings. The highest BCUT2D eigenvalue weighted by Gasteiger charge is 2.17. The molecule has 5 nitrogen and oxygen atoms in total. The molecule has 3 rings (SSSR count). The number of hydrogen-bond donors (Lipinski definition) is 2. The number of hydrogen-bond acceptors (Lipinski definition) is 4. The molecule has 0 spiro atoms. The molecule has 0 saturated heterocycles. The highest BCUT2D eigenvalue weighted by Crippen LogP contribution is 2.17. The molecule has 1 aliphatic heterocycles. The third kappa shape index (κ3) is 3.09. The molecule has 0 fully saturated rings. The van der Waals surface area contributed by atoms with Gasteiger partial charge in [-0.15, -0.1) is 0 Å². The van der Waals surface area contributed by atoms with Crippen molar-refractivity contribution in [1.29, 1.82) is 0 Å². The number of pyridine rings is 1. The van der Waals surface area contributed by atoms with E-state index in [1.54, 1.807) is 13.3 Å². The minimum absolute atomic E-state index is 0.0675. The number of methoxy groups -OCH3 is 1. The molecule has 5 heteroatoms. The summed E-state index contributed by atoms with van der Waals surface area (Å²) in [6.07, 6.45) is 4.36. The molecule has 22 heavy (non-hydrogen) atoms. The van der Waals surface area contributed by atoms with Crippen molar-refractivity contribution < 1.29 is 9.53 Å². The van der Waals surface area contributed by atoms with Gasteiger partial charge in [-0.05, 0) is 41.8 Å². The zero-order valence-corrected chi connectivity index (χ0v) is 12.6. The van der Waals surface area contributed by atoms with E-state index in [1.807, 2.05) is 30.5 Å². The lowest BCUT2D eigenvalue weighted by Gasteiger charge is -2.19. The van der Waals surface area contributed by atoms with E-state index >= 15 is 0 Å². The Bertz CT molecular complexity index is 668. The van der Waals surface area contributed by atoms with Crippen LogP contribution in [-0.4, -0.2) is 24.5 Å². The Morgan fingerprint density at radius 2 is 2.14 bits per heavy atom. The van der Waals surface area contributed by atoms with Gasteiger partial charge < -0.3 is 15.4 Å². The van der Waals surface area contributed by atoms with Crippen LogP contribution in [0.1, 0.15) is 27.0 Å². The number of benzene rings is 1. The average molecular weight is 297 g/mol. The topological polar surface area (TPSA) is 63.2 Å². The lowest BCUT2D eigenvalue weighted by molar-refractivity contribution is 0.0949. The summed E-state index contributed by atoms with van der Waals surface area (Å²) < 4.78 is 5.12. The second-order valence-corrected chi connectivity index (χ2v) is 5.28. The van der Waals surface area contributed by atoms with Gasteiger partial charge in [0.2, 0.25) is 0 Å². The van der Waals surface area contributed by atoms with E-state index in [9.17, 15) is 4.79 Å². The summed E-state index contributed by atoms with van der Waals surface area (Å²) in [6, 6.07) is 7.67. The fourth-order valence-corrected chi connectivity index (χ4v) is 2.63. The zero-order valence-electron chi connectivity index (χ0n) is 12.6. The first-order chi connectivity index (χ1) is 10.8. The molecule has 2 aromatic rings. The quantitative estimate of drug-likeness (QED) is 0.901. The number of nitrogens with one attached hydrogen (secondary N) is 2. The maximum absolute atomic E-state index is 12.4. The van der Waals surface area contributed by atoms with Crippen molar-refractivity contribution in [1.82, 2.24) is 15.6 Å². The number of nitrogens with zero attached hydrogens (tertiary/aromatic N) is 1. The van der Waals surface area contributed by atoms with E-state index in [4.69, 9.17) is 4.74 Å². The molecule has 0 unspecified atom stereocenters. The smallest absolute Gasteiger partial charge is 0.253 e. The Balaban J connectivity index is 1.69. The van der Waals surface area contributed by atoms with Crippen LogP contribution < -0.4 is 15.4 Å². The SMILES string of the molecule is COc1ccc(CNC(=O)c2cncc3c2CCNC3)cc1. The monoisotopic (exact) mass is 297 g/mol. The van der Waals surface area contributed by atoms with Crippen LogP contribution in [0.15, 0.2) is 36.7 Å². The van der Waals surface area contributed by atoms with Crippen LogP contribution in [0.5, 0.6) is 5.75 Å². The van der Waals surface area contributed by atoms with Gasteiger partial charge >= 0.3 is 0 Å². The minimum Gasteiger partial charge on any atom is -0.497 e. The van der Waals surface area contributed by atoms with E-state index in [1.165, 1.54) is 0 Å². The molecule has 0 atom stereocenters. The van der Waals surface area contributed by atoms with E-state index in [0.717, 1.165) is 42.0 Å². The second kappa shape index (κ2) is 6.58. The molecule has 114 valence electrons. The number of carbonyl (C=O) groups excluding carboxylic acids is 1. The summed E-state index contributed by atoms with van der Waals surface area (Å²) in [5, 5.41) is 6.25. The highest BCUT2D eigenvalue weighted by molar-refractivity contribution is 5.95. The summed E-state index contributed by atoms with van der Waals surface area (Å²) in [6.45, 7) is 2.17. The summed E-state index contributed by atoms with van der Waals surface area (Å²) in [7, 11) is 1.64. The van der Waals surface area contributed by atoms with Crippen LogP contribution >= 0.6 is 0 Å². The van der Waals surface area contributed by atoms with Crippen molar-refractivity contribution in [2.45, 2.75) is 19.5 Å². The zero-order chi connectivity index (χ0) is 15.4. The van der Waals surface area contributed by atoms with Gasteiger partial charge in [0, 0.05) is 25.5 Å². The summed E-state index contributed by atoms with van der Waals surface area (Å²) in [5.74, 6) is 0.742. The first-order valence-electron chi connectivity index (χ1n) is 7.35. The number of amides is 1. The molecule has 0 aliphatic carbocycles. The van der Waals surface area contributed by atoms with Crippen LogP contribution in [0.2, 0.25) is 0 Å². The first kappa shape index (κ1) is 14.5. The van der Waals surface area contributed by atoms with Crippen LogP contribution in [0, 0.1) is 0 Å². The van der Waals surface area contributed by atoms with E-state index in [2.05, 4.69) is 15.6 Å². The molecule has 0 bridgehead atoms. The van der Waals surface area contributed by atoms with Gasteiger partial charge in [-0.2, -0.15) is 0 Å². The Morgan fingerprint density at radius 3 is 2.91 bits per heavy atom. The molecule has 0 radical (unpaired) electrons. The fourth-order valence-electron chi connectivity index (χ4n) is 2.63. The Hall–Kier alpha value is -2.40. The van der Waals surface area contributed by atoms with Gasteiger partial charge in [0.25, 0.3) is 5.91 Å². The van der Waals surface area contributed by atoms with Crippen LogP contribution in [0.4, 0.5) is 0 Å². The molecule has 0 saturated carbocycles. The van der Waals surface area contributed by atoms with Gasteiger partial charge in [-0.25, -0.2) is 0 Å². The summed E-state index contributed by atoms with van der Waals surface area (Å²) in [5.41, 5.74) is 3.95. The third-order valence-corrected chi connectivity index (χ3v) is 3.87. The van der Waals surface area contributed by atoms with Gasteiger partial charge in [-0.3, -0.25) is 9.78 Å². The van der Waals surface area contributed by atoms with Crippen molar-refractivity contribution >= 4 is 5.91 Å². The van der Waals surface area contributed by atoms with Crippen molar-refractivity contribution in [2.75, 3.05) is 13.7 Å². The molecule has 1 aromatic heterocycles. The number of rotatable bonds is 4. The lowest BCUT2D eigenvalue weighted by Crippen LogP contribution is -2.29. The normalized spacial score (nSPS) is 13.3. The fraction of sp³-hybridized carbons (Fsp3) is 0.294. The summed E-state index contributed by atoms with van der Waals surface area (Å²) in [4.78, 5) is 16.6. The van der Waals surface area contributed by atoms with Crippen LogP contribution in [-0.2, 0) is 19.5 Å². The van der Waals surface area contributed by atoms with Crippen molar-refractivity contribution in [3.05, 3.63) is 58.9 Å². The van der Waals surface area contributed by atoms with Gasteiger partial charge in [0.05, 0.1) is 12.7 Å². The Labute approximate surface area is 129 Å². The largest absolute Gasteiger partial charge is 0.497 e. The predicted molar refractivity (Wildman–Crippen MR) is 83.8 cm³/mol. The molecular formula is C17H19N3O2. The number of fused-ring (bicyclic) bond motifs is 1. The number of aromatic nitrogens is 1. The van der Waals surface area contributed by atoms with Crippen LogP contribution in [0.25, 0.3) is 0 Å². The number of carbonyl (C=O) groups is 1. The van der Waals surface area contributed by atoms with Crippen molar-refractivity contribution in [3.63, 3.8) is 0 Å². The summed E-state index contributed by atoms with van der Waals surface area (Å²) >= 11 is 0. The molecule has 2 N–H and O–H groups in total. The predicted octanol–water partition coefficient (Wildman–Crippen LogP) is 1.67. The lowest BCUT2D eigenvalue weighted by atomic mass is 9.98. The molecular weight excluding hydrogens is 278 g/mol. The Morgan fingerprint density at radius 1 is 1.32 bits per heavy atom. The average Bonchev–Trinajstić information content (AvgIpc) is 2.59. The molecule has 2 heterocycles.